The smallest absolute Gasteiger partial charge is 0.325 e. The molecule has 1 unspecified atom stereocenters. The van der Waals surface area contributed by atoms with Crippen LogP contribution in [0.4, 0.5) is 0 Å². The van der Waals surface area contributed by atoms with Gasteiger partial charge >= 0.3 is 5.97 Å². The van der Waals surface area contributed by atoms with Crippen molar-refractivity contribution in [1.29, 1.82) is 0 Å². The van der Waals surface area contributed by atoms with Crippen LogP contribution in [0.15, 0.2) is 16.6 Å². The highest BCUT2D eigenvalue weighted by atomic mass is 79.9. The van der Waals surface area contributed by atoms with E-state index in [0.717, 1.165) is 5.56 Å². The molecule has 5 heteroatoms. The summed E-state index contributed by atoms with van der Waals surface area (Å²) in [5.74, 6) is -1.29. The monoisotopic (exact) mass is 259 g/mol. The van der Waals surface area contributed by atoms with Gasteiger partial charge < -0.3 is 15.9 Å². The topological polar surface area (TPSA) is 83.5 Å². The Bertz CT molecular complexity index is 379. The molecule has 0 bridgehead atoms. The summed E-state index contributed by atoms with van der Waals surface area (Å²) in [5, 5.41) is 18.2. The first kappa shape index (κ1) is 11.0. The first-order chi connectivity index (χ1) is 6.45. The van der Waals surface area contributed by atoms with Gasteiger partial charge in [0.05, 0.1) is 0 Å². The number of aliphatic carboxylic acids is 1. The minimum atomic E-state index is -1.22. The largest absolute Gasteiger partial charge is 0.508 e. The maximum absolute atomic E-state index is 10.7. The number of carbonyl (C=O) groups is 1. The first-order valence-corrected chi connectivity index (χ1v) is 4.70. The molecule has 1 atom stereocenters. The molecule has 0 radical (unpaired) electrons. The van der Waals surface area contributed by atoms with Gasteiger partial charge in [0.15, 0.2) is 0 Å². The fourth-order valence-electron chi connectivity index (χ4n) is 1.11. The average molecular weight is 260 g/mol. The Labute approximate surface area is 89.5 Å². The average Bonchev–Trinajstić information content (AvgIpc) is 2.12. The summed E-state index contributed by atoms with van der Waals surface area (Å²) in [5.41, 5.74) is 6.45. The number of phenolic OH excluding ortho intramolecular Hbond substituents is 1. The van der Waals surface area contributed by atoms with Crippen molar-refractivity contribution in [3.63, 3.8) is 0 Å². The number of benzene rings is 1. The first-order valence-electron chi connectivity index (χ1n) is 3.91. The fraction of sp³-hybridized carbons (Fsp3) is 0.222. The molecule has 0 spiro atoms. The van der Waals surface area contributed by atoms with E-state index in [4.69, 9.17) is 10.8 Å². The molecular weight excluding hydrogens is 250 g/mol. The molecule has 0 amide bonds. The summed E-state index contributed by atoms with van der Waals surface area (Å²) in [6.45, 7) is 1.79. The highest BCUT2D eigenvalue weighted by Gasteiger charge is 2.21. The summed E-state index contributed by atoms with van der Waals surface area (Å²) in [6.07, 6.45) is 0. The molecule has 1 aromatic rings. The van der Waals surface area contributed by atoms with Gasteiger partial charge in [0.25, 0.3) is 0 Å². The summed E-state index contributed by atoms with van der Waals surface area (Å²) >= 11 is 3.20. The Morgan fingerprint density at radius 2 is 2.14 bits per heavy atom. The molecule has 14 heavy (non-hydrogen) atoms. The number of nitrogens with two attached hydrogens (primary N) is 1. The van der Waals surface area contributed by atoms with Crippen molar-refractivity contribution in [2.24, 2.45) is 5.73 Å². The van der Waals surface area contributed by atoms with Gasteiger partial charge in [-0.25, -0.2) is 0 Å². The molecule has 76 valence electrons. The van der Waals surface area contributed by atoms with Crippen LogP contribution in [0.1, 0.15) is 17.2 Å². The van der Waals surface area contributed by atoms with Crippen LogP contribution in [0.5, 0.6) is 5.75 Å². The zero-order valence-corrected chi connectivity index (χ0v) is 9.08. The van der Waals surface area contributed by atoms with Gasteiger partial charge in [-0.2, -0.15) is 0 Å². The molecule has 0 fully saturated rings. The molecule has 0 aliphatic heterocycles. The number of aromatic hydroxyl groups is 1. The Balaban J connectivity index is 3.32. The predicted octanol–water partition coefficient (Wildman–Crippen LogP) is 1.55. The van der Waals surface area contributed by atoms with E-state index in [1.807, 2.05) is 0 Å². The third kappa shape index (κ3) is 1.88. The summed E-state index contributed by atoms with van der Waals surface area (Å²) in [4.78, 5) is 10.7. The molecule has 4 N–H and O–H groups in total. The number of carboxylic acid groups (broad SMARTS) is 1. The standard InChI is InChI=1S/C9H10BrNO3/c1-4-2-3-5(12)6(7(4)10)8(11)9(13)14/h2-3,8,12H,11H2,1H3,(H,13,14). The Morgan fingerprint density at radius 1 is 1.57 bits per heavy atom. The third-order valence-corrected chi connectivity index (χ3v) is 2.98. The highest BCUT2D eigenvalue weighted by molar-refractivity contribution is 9.10. The third-order valence-electron chi connectivity index (χ3n) is 1.93. The lowest BCUT2D eigenvalue weighted by atomic mass is 10.0. The van der Waals surface area contributed by atoms with Gasteiger partial charge in [0, 0.05) is 10.0 Å². The Kier molecular flexibility index (Phi) is 3.13. The molecule has 0 aliphatic carbocycles. The van der Waals surface area contributed by atoms with Gasteiger partial charge in [-0.05, 0) is 18.6 Å². The van der Waals surface area contributed by atoms with Crippen LogP contribution < -0.4 is 5.73 Å². The van der Waals surface area contributed by atoms with Gasteiger partial charge in [0.1, 0.15) is 11.8 Å². The van der Waals surface area contributed by atoms with Crippen LogP contribution in [-0.2, 0) is 4.79 Å². The zero-order chi connectivity index (χ0) is 10.9. The lowest BCUT2D eigenvalue weighted by Crippen LogP contribution is -2.21. The molecule has 1 rings (SSSR count). The number of carboxylic acids is 1. The van der Waals surface area contributed by atoms with Gasteiger partial charge in [0.2, 0.25) is 0 Å². The quantitative estimate of drug-likeness (QED) is 0.753. The Hall–Kier alpha value is -1.07. The molecule has 4 nitrogen and oxygen atoms in total. The molecule has 0 aliphatic rings. The van der Waals surface area contributed by atoms with Gasteiger partial charge in [-0.15, -0.1) is 0 Å². The second-order valence-electron chi connectivity index (χ2n) is 2.95. The van der Waals surface area contributed by atoms with Gasteiger partial charge in [-0.1, -0.05) is 22.0 Å². The van der Waals surface area contributed by atoms with E-state index in [9.17, 15) is 9.90 Å². The summed E-state index contributed by atoms with van der Waals surface area (Å²) in [6, 6.07) is 1.89. The minimum Gasteiger partial charge on any atom is -0.508 e. The van der Waals surface area contributed by atoms with Crippen LogP contribution >= 0.6 is 15.9 Å². The fourth-order valence-corrected chi connectivity index (χ4v) is 1.69. The molecule has 1 aromatic carbocycles. The number of aryl methyl sites for hydroxylation is 1. The van der Waals surface area contributed by atoms with Crippen LogP contribution in [0.25, 0.3) is 0 Å². The maximum Gasteiger partial charge on any atom is 0.325 e. The summed E-state index contributed by atoms with van der Waals surface area (Å²) < 4.78 is 0.535. The number of rotatable bonds is 2. The molecule has 0 saturated heterocycles. The summed E-state index contributed by atoms with van der Waals surface area (Å²) in [7, 11) is 0. The van der Waals surface area contributed by atoms with Crippen molar-refractivity contribution < 1.29 is 15.0 Å². The maximum atomic E-state index is 10.7. The number of phenols is 1. The van der Waals surface area contributed by atoms with E-state index < -0.39 is 12.0 Å². The second-order valence-corrected chi connectivity index (χ2v) is 3.74. The van der Waals surface area contributed by atoms with E-state index >= 15 is 0 Å². The number of halogens is 1. The van der Waals surface area contributed by atoms with Crippen LogP contribution in [-0.4, -0.2) is 16.2 Å². The normalized spacial score (nSPS) is 12.5. The number of hydrogen-bond acceptors (Lipinski definition) is 3. The van der Waals surface area contributed by atoms with Crippen LogP contribution in [0.2, 0.25) is 0 Å². The lowest BCUT2D eigenvalue weighted by Gasteiger charge is -2.12. The van der Waals surface area contributed by atoms with E-state index in [0.29, 0.717) is 4.47 Å². The minimum absolute atomic E-state index is 0.114. The van der Waals surface area contributed by atoms with Crippen molar-refractivity contribution in [2.75, 3.05) is 0 Å². The van der Waals surface area contributed by atoms with E-state index in [-0.39, 0.29) is 11.3 Å². The van der Waals surface area contributed by atoms with Crippen LogP contribution in [0, 0.1) is 6.92 Å². The van der Waals surface area contributed by atoms with E-state index in [1.54, 1.807) is 13.0 Å². The molecule has 0 saturated carbocycles. The van der Waals surface area contributed by atoms with Crippen molar-refractivity contribution in [3.8, 4) is 5.75 Å². The zero-order valence-electron chi connectivity index (χ0n) is 7.49. The SMILES string of the molecule is Cc1ccc(O)c(C(N)C(=O)O)c1Br. The predicted molar refractivity (Wildman–Crippen MR) is 55.1 cm³/mol. The van der Waals surface area contributed by atoms with Gasteiger partial charge in [-0.3, -0.25) is 4.79 Å². The van der Waals surface area contributed by atoms with Crippen molar-refractivity contribution in [3.05, 3.63) is 27.7 Å². The van der Waals surface area contributed by atoms with Crippen molar-refractivity contribution >= 4 is 21.9 Å². The highest BCUT2D eigenvalue weighted by Crippen LogP contribution is 2.33. The molecule has 0 heterocycles. The van der Waals surface area contributed by atoms with Crippen molar-refractivity contribution in [1.82, 2.24) is 0 Å². The van der Waals surface area contributed by atoms with E-state index in [1.165, 1.54) is 6.07 Å². The van der Waals surface area contributed by atoms with Crippen molar-refractivity contribution in [2.45, 2.75) is 13.0 Å². The second kappa shape index (κ2) is 3.98. The Morgan fingerprint density at radius 3 is 2.64 bits per heavy atom. The van der Waals surface area contributed by atoms with E-state index in [2.05, 4.69) is 15.9 Å². The van der Waals surface area contributed by atoms with Crippen LogP contribution in [0.3, 0.4) is 0 Å². The lowest BCUT2D eigenvalue weighted by molar-refractivity contribution is -0.138. The molecular formula is C9H10BrNO3. The molecule has 0 aromatic heterocycles. The number of hydrogen-bond donors (Lipinski definition) is 3.